The molecular formula is C18H19Cl3N2O2. The van der Waals surface area contributed by atoms with E-state index in [0.717, 1.165) is 11.3 Å². The molecule has 0 aliphatic carbocycles. The van der Waals surface area contributed by atoms with Crippen LogP contribution in [0, 0.1) is 0 Å². The van der Waals surface area contributed by atoms with E-state index < -0.39 is 0 Å². The first-order chi connectivity index (χ1) is 11.9. The van der Waals surface area contributed by atoms with E-state index in [9.17, 15) is 4.79 Å². The fourth-order valence-corrected chi connectivity index (χ4v) is 3.22. The van der Waals surface area contributed by atoms with Gasteiger partial charge in [0.25, 0.3) is 0 Å². The van der Waals surface area contributed by atoms with Crippen LogP contribution >= 0.6 is 34.8 Å². The van der Waals surface area contributed by atoms with Gasteiger partial charge in [0, 0.05) is 11.6 Å². The lowest BCUT2D eigenvalue weighted by Crippen LogP contribution is -2.30. The molecular weight excluding hydrogens is 383 g/mol. The summed E-state index contributed by atoms with van der Waals surface area (Å²) in [6.45, 7) is 3.40. The molecule has 2 aromatic carbocycles. The van der Waals surface area contributed by atoms with Crippen LogP contribution in [0.15, 0.2) is 36.4 Å². The highest BCUT2D eigenvalue weighted by Crippen LogP contribution is 2.33. The van der Waals surface area contributed by atoms with E-state index >= 15 is 0 Å². The maximum absolute atomic E-state index is 12.2. The Morgan fingerprint density at radius 1 is 1.12 bits per heavy atom. The molecule has 0 atom stereocenters. The van der Waals surface area contributed by atoms with Gasteiger partial charge in [0.15, 0.2) is 0 Å². The zero-order chi connectivity index (χ0) is 18.4. The van der Waals surface area contributed by atoms with Crippen molar-refractivity contribution in [1.29, 1.82) is 0 Å². The molecule has 0 aliphatic rings. The number of nitrogens with zero attached hydrogens (tertiary/aromatic N) is 1. The monoisotopic (exact) mass is 400 g/mol. The van der Waals surface area contributed by atoms with Crippen LogP contribution in [-0.2, 0) is 11.3 Å². The van der Waals surface area contributed by atoms with E-state index in [1.165, 1.54) is 12.1 Å². The maximum atomic E-state index is 12.2. The Balaban J connectivity index is 1.92. The zero-order valence-electron chi connectivity index (χ0n) is 14.0. The number of anilines is 1. The molecule has 0 unspecified atom stereocenters. The van der Waals surface area contributed by atoms with Gasteiger partial charge in [-0.25, -0.2) is 0 Å². The van der Waals surface area contributed by atoms with Crippen LogP contribution in [0.5, 0.6) is 5.75 Å². The SMILES string of the molecule is CCOc1ccc(CN(C)CC(=O)Nc2c(Cl)cc(Cl)cc2Cl)cc1. The van der Waals surface area contributed by atoms with E-state index in [1.807, 2.05) is 43.1 Å². The molecule has 0 saturated heterocycles. The van der Waals surface area contributed by atoms with Gasteiger partial charge in [-0.2, -0.15) is 0 Å². The average molecular weight is 402 g/mol. The van der Waals surface area contributed by atoms with Crippen LogP contribution < -0.4 is 10.1 Å². The van der Waals surface area contributed by atoms with Crippen molar-refractivity contribution < 1.29 is 9.53 Å². The minimum absolute atomic E-state index is 0.197. The highest BCUT2D eigenvalue weighted by molar-refractivity contribution is 6.42. The summed E-state index contributed by atoms with van der Waals surface area (Å²) >= 11 is 18.0. The van der Waals surface area contributed by atoms with Crippen LogP contribution in [-0.4, -0.2) is 31.0 Å². The van der Waals surface area contributed by atoms with Crippen LogP contribution in [0.4, 0.5) is 5.69 Å². The molecule has 134 valence electrons. The normalized spacial score (nSPS) is 10.8. The highest BCUT2D eigenvalue weighted by atomic mass is 35.5. The largest absolute Gasteiger partial charge is 0.494 e. The predicted molar refractivity (Wildman–Crippen MR) is 104 cm³/mol. The van der Waals surface area contributed by atoms with Crippen molar-refractivity contribution in [3.05, 3.63) is 57.0 Å². The Morgan fingerprint density at radius 3 is 2.28 bits per heavy atom. The third kappa shape index (κ3) is 6.08. The van der Waals surface area contributed by atoms with E-state index in [2.05, 4.69) is 5.32 Å². The van der Waals surface area contributed by atoms with Crippen LogP contribution in [0.3, 0.4) is 0 Å². The first-order valence-electron chi connectivity index (χ1n) is 7.73. The molecule has 0 spiro atoms. The van der Waals surface area contributed by atoms with Crippen molar-refractivity contribution in [2.24, 2.45) is 0 Å². The van der Waals surface area contributed by atoms with Crippen LogP contribution in [0.2, 0.25) is 15.1 Å². The second kappa shape index (κ2) is 9.30. The van der Waals surface area contributed by atoms with E-state index in [1.54, 1.807) is 0 Å². The highest BCUT2D eigenvalue weighted by Gasteiger charge is 2.13. The third-order valence-electron chi connectivity index (χ3n) is 3.37. The van der Waals surface area contributed by atoms with Gasteiger partial charge in [-0.3, -0.25) is 9.69 Å². The first-order valence-corrected chi connectivity index (χ1v) is 8.87. The molecule has 0 radical (unpaired) electrons. The number of halogens is 3. The number of hydrogen-bond acceptors (Lipinski definition) is 3. The van der Waals surface area contributed by atoms with Gasteiger partial charge < -0.3 is 10.1 Å². The van der Waals surface area contributed by atoms with Crippen LogP contribution in [0.25, 0.3) is 0 Å². The smallest absolute Gasteiger partial charge is 0.238 e. The number of nitrogens with one attached hydrogen (secondary N) is 1. The number of carbonyl (C=O) groups is 1. The molecule has 0 bridgehead atoms. The van der Waals surface area contributed by atoms with Crippen LogP contribution in [0.1, 0.15) is 12.5 Å². The molecule has 7 heteroatoms. The first kappa shape index (κ1) is 19.9. The Hall–Kier alpha value is -1.46. The third-order valence-corrected chi connectivity index (χ3v) is 4.19. The van der Waals surface area contributed by atoms with Crippen molar-refractivity contribution in [3.63, 3.8) is 0 Å². The zero-order valence-corrected chi connectivity index (χ0v) is 16.3. The second-order valence-electron chi connectivity index (χ2n) is 5.54. The summed E-state index contributed by atoms with van der Waals surface area (Å²) < 4.78 is 5.42. The van der Waals surface area contributed by atoms with Gasteiger partial charge in [0.2, 0.25) is 5.91 Å². The Morgan fingerprint density at radius 2 is 1.72 bits per heavy atom. The summed E-state index contributed by atoms with van der Waals surface area (Å²) in [5.41, 5.74) is 1.45. The number of amides is 1. The lowest BCUT2D eigenvalue weighted by molar-refractivity contribution is -0.117. The molecule has 2 aromatic rings. The summed E-state index contributed by atoms with van der Waals surface area (Å²) in [5.74, 6) is 0.623. The number of hydrogen-bond donors (Lipinski definition) is 1. The fraction of sp³-hybridized carbons (Fsp3) is 0.278. The molecule has 0 fully saturated rings. The average Bonchev–Trinajstić information content (AvgIpc) is 2.53. The topological polar surface area (TPSA) is 41.6 Å². The summed E-state index contributed by atoms with van der Waals surface area (Å²) in [5, 5.41) is 3.75. The maximum Gasteiger partial charge on any atom is 0.238 e. The van der Waals surface area contributed by atoms with Gasteiger partial charge in [-0.1, -0.05) is 46.9 Å². The number of rotatable bonds is 7. The molecule has 25 heavy (non-hydrogen) atoms. The lowest BCUT2D eigenvalue weighted by Gasteiger charge is -2.17. The predicted octanol–water partition coefficient (Wildman–Crippen LogP) is 5.12. The Labute approximate surface area is 162 Å². The van der Waals surface area contributed by atoms with Gasteiger partial charge in [-0.15, -0.1) is 0 Å². The van der Waals surface area contributed by atoms with Gasteiger partial charge in [-0.05, 0) is 43.8 Å². The van der Waals surface area contributed by atoms with Gasteiger partial charge >= 0.3 is 0 Å². The summed E-state index contributed by atoms with van der Waals surface area (Å²) in [6.07, 6.45) is 0. The number of benzene rings is 2. The molecule has 1 N–H and O–H groups in total. The number of likely N-dealkylation sites (N-methyl/N-ethyl adjacent to an activating group) is 1. The molecule has 0 aliphatic heterocycles. The van der Waals surface area contributed by atoms with Gasteiger partial charge in [0.05, 0.1) is 28.9 Å². The van der Waals surface area contributed by atoms with Crippen molar-refractivity contribution in [3.8, 4) is 5.75 Å². The van der Waals surface area contributed by atoms with E-state index in [0.29, 0.717) is 33.9 Å². The summed E-state index contributed by atoms with van der Waals surface area (Å²) in [7, 11) is 1.86. The summed E-state index contributed by atoms with van der Waals surface area (Å²) in [4.78, 5) is 14.1. The molecule has 2 rings (SSSR count). The Kier molecular flexibility index (Phi) is 7.38. The number of ether oxygens (including phenoxy) is 1. The van der Waals surface area contributed by atoms with E-state index in [-0.39, 0.29) is 12.5 Å². The molecule has 0 heterocycles. The minimum Gasteiger partial charge on any atom is -0.494 e. The molecule has 0 aromatic heterocycles. The van der Waals surface area contributed by atoms with Gasteiger partial charge in [0.1, 0.15) is 5.75 Å². The standard InChI is InChI=1S/C18H19Cl3N2O2/c1-3-25-14-6-4-12(5-7-14)10-23(2)11-17(24)22-18-15(20)8-13(19)9-16(18)21/h4-9H,3,10-11H2,1-2H3,(H,22,24). The molecule has 0 saturated carbocycles. The van der Waals surface area contributed by atoms with Crippen molar-refractivity contribution in [2.75, 3.05) is 25.5 Å². The minimum atomic E-state index is -0.209. The van der Waals surface area contributed by atoms with E-state index in [4.69, 9.17) is 39.5 Å². The van der Waals surface area contributed by atoms with Crippen molar-refractivity contribution >= 4 is 46.4 Å². The van der Waals surface area contributed by atoms with Crippen molar-refractivity contribution in [2.45, 2.75) is 13.5 Å². The molecule has 4 nitrogen and oxygen atoms in total. The Bertz CT molecular complexity index is 713. The fourth-order valence-electron chi connectivity index (χ4n) is 2.31. The second-order valence-corrected chi connectivity index (χ2v) is 6.79. The lowest BCUT2D eigenvalue weighted by atomic mass is 10.2. The quantitative estimate of drug-likeness (QED) is 0.700. The molecule has 1 amide bonds. The summed E-state index contributed by atoms with van der Waals surface area (Å²) in [6, 6.07) is 10.9. The number of carbonyl (C=O) groups excluding carboxylic acids is 1. The van der Waals surface area contributed by atoms with Crippen molar-refractivity contribution in [1.82, 2.24) is 4.90 Å².